The summed E-state index contributed by atoms with van der Waals surface area (Å²) in [6, 6.07) is 4.26. The number of nitrogens with zero attached hydrogens (tertiary/aromatic N) is 4. The van der Waals surface area contributed by atoms with Gasteiger partial charge in [0.05, 0.1) is 23.2 Å². The molecular formula is C17H24N4O2S. The molecule has 6 nitrogen and oxygen atoms in total. The minimum absolute atomic E-state index is 0.170. The third kappa shape index (κ3) is 3.52. The molecule has 2 aromatic heterocycles. The van der Waals surface area contributed by atoms with Gasteiger partial charge in [-0.25, -0.2) is 8.42 Å². The molecule has 0 aliphatic carbocycles. The van der Waals surface area contributed by atoms with E-state index < -0.39 is 15.4 Å². The van der Waals surface area contributed by atoms with E-state index in [-0.39, 0.29) is 17.5 Å². The van der Waals surface area contributed by atoms with Gasteiger partial charge in [-0.1, -0.05) is 6.07 Å². The summed E-state index contributed by atoms with van der Waals surface area (Å²) >= 11 is 0. The lowest BCUT2D eigenvalue weighted by molar-refractivity contribution is 0.252. The minimum atomic E-state index is -2.94. The summed E-state index contributed by atoms with van der Waals surface area (Å²) in [5, 5.41) is 4.43. The van der Waals surface area contributed by atoms with Crippen LogP contribution in [0.1, 0.15) is 37.4 Å². The molecule has 3 rings (SSSR count). The van der Waals surface area contributed by atoms with Crippen molar-refractivity contribution in [3.8, 4) is 0 Å². The first kappa shape index (κ1) is 17.1. The molecule has 7 heteroatoms. The van der Waals surface area contributed by atoms with Crippen LogP contribution in [0.3, 0.4) is 0 Å². The van der Waals surface area contributed by atoms with E-state index in [1.54, 1.807) is 6.20 Å². The van der Waals surface area contributed by atoms with Crippen LogP contribution in [0.5, 0.6) is 0 Å². The first-order chi connectivity index (χ1) is 11.3. The molecule has 0 aromatic carbocycles. The largest absolute Gasteiger partial charge is 0.295 e. The molecule has 1 aliphatic rings. The highest BCUT2D eigenvalue weighted by atomic mass is 32.2. The van der Waals surface area contributed by atoms with Crippen molar-refractivity contribution in [2.45, 2.75) is 38.4 Å². The van der Waals surface area contributed by atoms with Crippen LogP contribution in [-0.4, -0.2) is 46.6 Å². The summed E-state index contributed by atoms with van der Waals surface area (Å²) in [7, 11) is -0.877. The molecule has 3 heterocycles. The zero-order chi connectivity index (χ0) is 17.4. The second kappa shape index (κ2) is 6.29. The summed E-state index contributed by atoms with van der Waals surface area (Å²) in [6.45, 7) is 4.86. The topological polar surface area (TPSA) is 68.1 Å². The number of pyridine rings is 1. The Morgan fingerprint density at radius 2 is 2.21 bits per heavy atom. The molecule has 24 heavy (non-hydrogen) atoms. The zero-order valence-electron chi connectivity index (χ0n) is 14.4. The standard InChI is InChI=1S/C17H24N4O2S/c1-14(16-5-4-7-18-10-16)20(3)11-15-9-19-21(12-15)17(2)6-8-24(22,23)13-17/h4-5,7,9-10,12,14H,6,8,11,13H2,1-3H3/t14-,17+/m0/s1. The fourth-order valence-electron chi connectivity index (χ4n) is 3.21. The van der Waals surface area contributed by atoms with Crippen molar-refractivity contribution < 1.29 is 8.42 Å². The van der Waals surface area contributed by atoms with Gasteiger partial charge in [-0.3, -0.25) is 14.6 Å². The average molecular weight is 348 g/mol. The normalized spacial score (nSPS) is 24.3. The zero-order valence-corrected chi connectivity index (χ0v) is 15.2. The van der Waals surface area contributed by atoms with Crippen LogP contribution in [0.4, 0.5) is 0 Å². The average Bonchev–Trinajstić information content (AvgIpc) is 3.12. The van der Waals surface area contributed by atoms with Gasteiger partial charge in [0.15, 0.2) is 9.84 Å². The van der Waals surface area contributed by atoms with E-state index in [1.807, 2.05) is 36.3 Å². The van der Waals surface area contributed by atoms with Crippen LogP contribution in [-0.2, 0) is 21.9 Å². The third-order valence-corrected chi connectivity index (χ3v) is 6.82. The molecular weight excluding hydrogens is 324 g/mol. The molecule has 0 unspecified atom stereocenters. The lowest BCUT2D eigenvalue weighted by atomic mass is 10.0. The van der Waals surface area contributed by atoms with Crippen LogP contribution in [0.2, 0.25) is 0 Å². The summed E-state index contributed by atoms with van der Waals surface area (Å²) in [4.78, 5) is 6.40. The quantitative estimate of drug-likeness (QED) is 0.827. The Bertz CT molecular complexity index is 803. The fraction of sp³-hybridized carbons (Fsp3) is 0.529. The van der Waals surface area contributed by atoms with Gasteiger partial charge in [-0.2, -0.15) is 5.10 Å². The van der Waals surface area contributed by atoms with E-state index in [0.29, 0.717) is 6.42 Å². The fourth-order valence-corrected chi connectivity index (χ4v) is 5.33. The molecule has 2 aromatic rings. The molecule has 1 saturated heterocycles. The van der Waals surface area contributed by atoms with Crippen LogP contribution in [0, 0.1) is 0 Å². The SMILES string of the molecule is C[C@@H](c1cccnc1)N(C)Cc1cnn([C@]2(C)CCS(=O)(=O)C2)c1. The van der Waals surface area contributed by atoms with Crippen LogP contribution < -0.4 is 0 Å². The Morgan fingerprint density at radius 1 is 1.42 bits per heavy atom. The molecule has 0 spiro atoms. The molecule has 0 amide bonds. The highest BCUT2D eigenvalue weighted by molar-refractivity contribution is 7.91. The first-order valence-electron chi connectivity index (χ1n) is 8.14. The summed E-state index contributed by atoms with van der Waals surface area (Å²) in [6.07, 6.45) is 8.10. The van der Waals surface area contributed by atoms with Crippen molar-refractivity contribution in [2.24, 2.45) is 0 Å². The molecule has 0 bridgehead atoms. The van der Waals surface area contributed by atoms with E-state index in [0.717, 1.165) is 12.1 Å². The van der Waals surface area contributed by atoms with Crippen molar-refractivity contribution in [3.05, 3.63) is 48.0 Å². The second-order valence-electron chi connectivity index (χ2n) is 7.01. The van der Waals surface area contributed by atoms with Crippen molar-refractivity contribution in [3.63, 3.8) is 0 Å². The maximum atomic E-state index is 11.8. The predicted molar refractivity (Wildman–Crippen MR) is 93.3 cm³/mol. The molecule has 1 fully saturated rings. The minimum Gasteiger partial charge on any atom is -0.295 e. The monoisotopic (exact) mass is 348 g/mol. The van der Waals surface area contributed by atoms with Gasteiger partial charge in [0, 0.05) is 36.7 Å². The van der Waals surface area contributed by atoms with Gasteiger partial charge in [-0.05, 0) is 38.9 Å². The molecule has 2 atom stereocenters. The van der Waals surface area contributed by atoms with E-state index in [9.17, 15) is 8.42 Å². The number of hydrogen-bond acceptors (Lipinski definition) is 5. The lowest BCUT2D eigenvalue weighted by Gasteiger charge is -2.25. The van der Waals surface area contributed by atoms with Crippen molar-refractivity contribution in [1.29, 1.82) is 0 Å². The Labute approximate surface area is 143 Å². The van der Waals surface area contributed by atoms with Crippen molar-refractivity contribution >= 4 is 9.84 Å². The van der Waals surface area contributed by atoms with Crippen LogP contribution >= 0.6 is 0 Å². The van der Waals surface area contributed by atoms with Gasteiger partial charge in [0.1, 0.15) is 0 Å². The summed E-state index contributed by atoms with van der Waals surface area (Å²) in [5.41, 5.74) is 1.82. The van der Waals surface area contributed by atoms with Crippen LogP contribution in [0.25, 0.3) is 0 Å². The molecule has 0 saturated carbocycles. The Morgan fingerprint density at radius 3 is 2.83 bits per heavy atom. The van der Waals surface area contributed by atoms with Gasteiger partial charge in [0.2, 0.25) is 0 Å². The summed E-state index contributed by atoms with van der Waals surface area (Å²) < 4.78 is 25.4. The smallest absolute Gasteiger partial charge is 0.152 e. The number of rotatable bonds is 5. The first-order valence-corrected chi connectivity index (χ1v) is 9.96. The number of hydrogen-bond donors (Lipinski definition) is 0. The van der Waals surface area contributed by atoms with Crippen molar-refractivity contribution in [2.75, 3.05) is 18.6 Å². The second-order valence-corrected chi connectivity index (χ2v) is 9.19. The maximum Gasteiger partial charge on any atom is 0.152 e. The van der Waals surface area contributed by atoms with E-state index in [4.69, 9.17) is 0 Å². The third-order valence-electron chi connectivity index (χ3n) is 4.93. The molecule has 130 valence electrons. The van der Waals surface area contributed by atoms with E-state index in [1.165, 1.54) is 5.56 Å². The van der Waals surface area contributed by atoms with E-state index >= 15 is 0 Å². The Balaban J connectivity index is 1.70. The van der Waals surface area contributed by atoms with Gasteiger partial charge in [-0.15, -0.1) is 0 Å². The number of aromatic nitrogens is 3. The van der Waals surface area contributed by atoms with E-state index in [2.05, 4.69) is 35.0 Å². The van der Waals surface area contributed by atoms with Crippen molar-refractivity contribution in [1.82, 2.24) is 19.7 Å². The highest BCUT2D eigenvalue weighted by Gasteiger charge is 2.40. The summed E-state index contributed by atoms with van der Waals surface area (Å²) in [5.74, 6) is 0.416. The maximum absolute atomic E-state index is 11.8. The van der Waals surface area contributed by atoms with Crippen LogP contribution in [0.15, 0.2) is 36.9 Å². The Hall–Kier alpha value is -1.73. The number of sulfone groups is 1. The molecule has 0 N–H and O–H groups in total. The van der Waals surface area contributed by atoms with Gasteiger partial charge >= 0.3 is 0 Å². The highest BCUT2D eigenvalue weighted by Crippen LogP contribution is 2.30. The Kier molecular flexibility index (Phi) is 4.48. The lowest BCUT2D eigenvalue weighted by Crippen LogP contribution is -2.31. The molecule has 0 radical (unpaired) electrons. The molecule has 1 aliphatic heterocycles. The van der Waals surface area contributed by atoms with Gasteiger partial charge < -0.3 is 0 Å². The van der Waals surface area contributed by atoms with Gasteiger partial charge in [0.25, 0.3) is 0 Å². The predicted octanol–water partition coefficient (Wildman–Crippen LogP) is 2.00.